The molecule has 13 heavy (non-hydrogen) atoms. The van der Waals surface area contributed by atoms with E-state index in [9.17, 15) is 5.11 Å². The normalized spacial score (nSPS) is 10.0. The maximum absolute atomic E-state index is 9.44. The highest BCUT2D eigenvalue weighted by molar-refractivity contribution is 5.68. The second-order valence-electron chi connectivity index (χ2n) is 2.71. The number of anilines is 2. The van der Waals surface area contributed by atoms with E-state index in [1.165, 1.54) is 6.07 Å². The number of nitrogens with two attached hydrogens (primary N) is 1. The molecule has 0 spiro atoms. The minimum Gasteiger partial charge on any atom is -0.506 e. The molecule has 0 aromatic heterocycles. The first-order chi connectivity index (χ1) is 6.16. The van der Waals surface area contributed by atoms with E-state index < -0.39 is 0 Å². The molecule has 4 heteroatoms. The summed E-state index contributed by atoms with van der Waals surface area (Å²) in [6.45, 7) is 4.19. The molecule has 0 amide bonds. The first kappa shape index (κ1) is 9.67. The van der Waals surface area contributed by atoms with Crippen LogP contribution in [0, 0.1) is 6.92 Å². The van der Waals surface area contributed by atoms with Gasteiger partial charge in [0.15, 0.2) is 0 Å². The van der Waals surface area contributed by atoms with Gasteiger partial charge in [0.05, 0.1) is 6.61 Å². The zero-order valence-electron chi connectivity index (χ0n) is 7.79. The van der Waals surface area contributed by atoms with E-state index >= 15 is 0 Å². The second-order valence-corrected chi connectivity index (χ2v) is 2.71. The van der Waals surface area contributed by atoms with Crippen molar-refractivity contribution in [3.8, 4) is 5.75 Å². The van der Waals surface area contributed by atoms with Gasteiger partial charge in [-0.15, -0.1) is 0 Å². The molecule has 0 radical (unpaired) electrons. The predicted molar refractivity (Wildman–Crippen MR) is 52.5 cm³/mol. The van der Waals surface area contributed by atoms with Crippen molar-refractivity contribution in [3.63, 3.8) is 0 Å². The summed E-state index contributed by atoms with van der Waals surface area (Å²) < 4.78 is 0. The molecule has 0 unspecified atom stereocenters. The Morgan fingerprint density at radius 3 is 2.85 bits per heavy atom. The van der Waals surface area contributed by atoms with E-state index in [0.717, 1.165) is 5.56 Å². The molecule has 1 aromatic carbocycles. The van der Waals surface area contributed by atoms with Crippen LogP contribution in [0.15, 0.2) is 12.1 Å². The van der Waals surface area contributed by atoms with Crippen molar-refractivity contribution >= 4 is 11.4 Å². The zero-order chi connectivity index (χ0) is 9.84. The summed E-state index contributed by atoms with van der Waals surface area (Å²) in [4.78, 5) is 4.97. The number of benzene rings is 1. The molecule has 0 fully saturated rings. The lowest BCUT2D eigenvalue weighted by Gasteiger charge is -2.11. The maximum Gasteiger partial charge on any atom is 0.141 e. The fourth-order valence-corrected chi connectivity index (χ4v) is 0.987. The third kappa shape index (κ3) is 2.03. The Balaban J connectivity index is 2.96. The van der Waals surface area contributed by atoms with E-state index in [-0.39, 0.29) is 5.75 Å². The van der Waals surface area contributed by atoms with Gasteiger partial charge in [-0.2, -0.15) is 0 Å². The minimum absolute atomic E-state index is 0.139. The highest BCUT2D eigenvalue weighted by Crippen LogP contribution is 2.30. The first-order valence-corrected chi connectivity index (χ1v) is 4.12. The first-order valence-electron chi connectivity index (χ1n) is 4.12. The van der Waals surface area contributed by atoms with Crippen LogP contribution in [0.4, 0.5) is 11.4 Å². The molecule has 1 rings (SSSR count). The lowest BCUT2D eigenvalue weighted by molar-refractivity contribution is 0.209. The Bertz CT molecular complexity index is 300. The smallest absolute Gasteiger partial charge is 0.141 e. The van der Waals surface area contributed by atoms with Crippen molar-refractivity contribution in [1.82, 2.24) is 0 Å². The molecule has 0 bridgehead atoms. The highest BCUT2D eigenvalue weighted by Gasteiger charge is 2.06. The molecule has 0 heterocycles. The average molecular weight is 182 g/mol. The number of aromatic hydroxyl groups is 1. The molecule has 1 aromatic rings. The number of phenols is 1. The quantitative estimate of drug-likeness (QED) is 0.288. The summed E-state index contributed by atoms with van der Waals surface area (Å²) in [5.74, 6) is 0.139. The molecule has 0 aliphatic carbocycles. The van der Waals surface area contributed by atoms with Crippen LogP contribution in [0.3, 0.4) is 0 Å². The topological polar surface area (TPSA) is 67.5 Å². The number of nitrogens with one attached hydrogen (secondary N) is 1. The highest BCUT2D eigenvalue weighted by atomic mass is 16.6. The number of phenolic OH excluding ortho intramolecular Hbond substituents is 1. The zero-order valence-corrected chi connectivity index (χ0v) is 7.79. The van der Waals surface area contributed by atoms with Crippen LogP contribution in [0.25, 0.3) is 0 Å². The Morgan fingerprint density at radius 1 is 1.54 bits per heavy atom. The molecule has 0 aliphatic heterocycles. The third-order valence-electron chi connectivity index (χ3n) is 1.80. The number of rotatable bonds is 3. The van der Waals surface area contributed by atoms with E-state index in [1.807, 2.05) is 13.8 Å². The largest absolute Gasteiger partial charge is 0.506 e. The molecule has 4 nitrogen and oxygen atoms in total. The minimum atomic E-state index is 0.139. The van der Waals surface area contributed by atoms with E-state index in [1.54, 1.807) is 6.07 Å². The predicted octanol–water partition coefficient (Wildman–Crippen LogP) is 1.65. The van der Waals surface area contributed by atoms with Crippen LogP contribution in [0.2, 0.25) is 0 Å². The van der Waals surface area contributed by atoms with E-state index in [2.05, 4.69) is 5.48 Å². The molecular formula is C9H14N2O2. The monoisotopic (exact) mass is 182 g/mol. The maximum atomic E-state index is 9.44. The summed E-state index contributed by atoms with van der Waals surface area (Å²) in [5, 5.41) is 9.44. The third-order valence-corrected chi connectivity index (χ3v) is 1.80. The summed E-state index contributed by atoms with van der Waals surface area (Å²) in [7, 11) is 0. The van der Waals surface area contributed by atoms with E-state index in [4.69, 9.17) is 10.6 Å². The standard InChI is InChI=1S/C9H14N2O2/c1-3-13-11-9-6(2)7(10)4-5-8(9)12/h4-5,11-12H,3,10H2,1-2H3. The van der Waals surface area contributed by atoms with Crippen LogP contribution in [0.5, 0.6) is 5.75 Å². The van der Waals surface area contributed by atoms with Crippen molar-refractivity contribution < 1.29 is 9.94 Å². The van der Waals surface area contributed by atoms with Gasteiger partial charge in [0.25, 0.3) is 0 Å². The van der Waals surface area contributed by atoms with Gasteiger partial charge in [-0.1, -0.05) is 0 Å². The van der Waals surface area contributed by atoms with Crippen molar-refractivity contribution in [2.75, 3.05) is 17.8 Å². The molecule has 0 atom stereocenters. The Morgan fingerprint density at radius 2 is 2.23 bits per heavy atom. The summed E-state index contributed by atoms with van der Waals surface area (Å²) >= 11 is 0. The van der Waals surface area contributed by atoms with Gasteiger partial charge in [-0.3, -0.25) is 10.3 Å². The lowest BCUT2D eigenvalue weighted by atomic mass is 10.1. The van der Waals surface area contributed by atoms with Crippen molar-refractivity contribution in [2.45, 2.75) is 13.8 Å². The van der Waals surface area contributed by atoms with Gasteiger partial charge in [-0.05, 0) is 26.0 Å². The summed E-state index contributed by atoms with van der Waals surface area (Å²) in [5.41, 5.74) is 10.2. The van der Waals surface area contributed by atoms with Crippen LogP contribution >= 0.6 is 0 Å². The van der Waals surface area contributed by atoms with Crippen molar-refractivity contribution in [1.29, 1.82) is 0 Å². The second kappa shape index (κ2) is 4.00. The van der Waals surface area contributed by atoms with Gasteiger partial charge < -0.3 is 10.8 Å². The SMILES string of the molecule is CCONc1c(O)ccc(N)c1C. The summed E-state index contributed by atoms with van der Waals surface area (Å²) in [6.07, 6.45) is 0. The van der Waals surface area contributed by atoms with Crippen molar-refractivity contribution in [2.24, 2.45) is 0 Å². The molecule has 0 saturated heterocycles. The van der Waals surface area contributed by atoms with Crippen LogP contribution < -0.4 is 11.2 Å². The van der Waals surface area contributed by atoms with Crippen molar-refractivity contribution in [3.05, 3.63) is 17.7 Å². The molecular weight excluding hydrogens is 168 g/mol. The molecule has 4 N–H and O–H groups in total. The van der Waals surface area contributed by atoms with Gasteiger partial charge in [0.1, 0.15) is 11.4 Å². The molecule has 0 aliphatic rings. The Hall–Kier alpha value is -1.42. The Labute approximate surface area is 77.3 Å². The number of nitrogen functional groups attached to an aromatic ring is 1. The number of hydrogen-bond acceptors (Lipinski definition) is 4. The summed E-state index contributed by atoms with van der Waals surface area (Å²) in [6, 6.07) is 3.19. The van der Waals surface area contributed by atoms with Crippen LogP contribution in [-0.4, -0.2) is 11.7 Å². The average Bonchev–Trinajstić information content (AvgIpc) is 2.12. The fourth-order valence-electron chi connectivity index (χ4n) is 0.987. The van der Waals surface area contributed by atoms with Crippen LogP contribution in [0.1, 0.15) is 12.5 Å². The van der Waals surface area contributed by atoms with Gasteiger partial charge in [0, 0.05) is 11.3 Å². The Kier molecular flexibility index (Phi) is 2.97. The molecule has 0 saturated carbocycles. The van der Waals surface area contributed by atoms with Crippen LogP contribution in [-0.2, 0) is 4.84 Å². The fraction of sp³-hybridized carbons (Fsp3) is 0.333. The van der Waals surface area contributed by atoms with E-state index in [0.29, 0.717) is 18.0 Å². The lowest BCUT2D eigenvalue weighted by Crippen LogP contribution is -2.03. The van der Waals surface area contributed by atoms with Gasteiger partial charge in [0.2, 0.25) is 0 Å². The van der Waals surface area contributed by atoms with Gasteiger partial charge in [-0.25, -0.2) is 0 Å². The number of hydrogen-bond donors (Lipinski definition) is 3. The molecule has 72 valence electrons. The van der Waals surface area contributed by atoms with Gasteiger partial charge >= 0.3 is 0 Å².